The zero-order valence-corrected chi connectivity index (χ0v) is 13.5. The second kappa shape index (κ2) is 6.77. The van der Waals surface area contributed by atoms with Gasteiger partial charge in [0.05, 0.1) is 12.8 Å². The van der Waals surface area contributed by atoms with E-state index in [9.17, 15) is 0 Å². The molecule has 0 amide bonds. The fourth-order valence-corrected chi connectivity index (χ4v) is 2.80. The van der Waals surface area contributed by atoms with E-state index in [0.717, 1.165) is 24.8 Å². The summed E-state index contributed by atoms with van der Waals surface area (Å²) in [5.41, 5.74) is 1.47. The smallest absolute Gasteiger partial charge is 0.122 e. The second-order valence-corrected chi connectivity index (χ2v) is 7.10. The SMILES string of the molecule is CCC1CCN(Cc2ccoc2CNC(C)(C)C)CC1. The van der Waals surface area contributed by atoms with E-state index in [1.54, 1.807) is 0 Å². The van der Waals surface area contributed by atoms with E-state index >= 15 is 0 Å². The third-order valence-corrected chi connectivity index (χ3v) is 4.30. The van der Waals surface area contributed by atoms with E-state index in [4.69, 9.17) is 4.42 Å². The molecule has 1 aromatic heterocycles. The number of nitrogens with one attached hydrogen (secondary N) is 1. The number of furan rings is 1. The lowest BCUT2D eigenvalue weighted by Gasteiger charge is -2.31. The van der Waals surface area contributed by atoms with Crippen LogP contribution in [-0.4, -0.2) is 23.5 Å². The molecule has 3 heteroatoms. The Morgan fingerprint density at radius 1 is 1.30 bits per heavy atom. The summed E-state index contributed by atoms with van der Waals surface area (Å²) in [5, 5.41) is 3.51. The van der Waals surface area contributed by atoms with Crippen LogP contribution in [0, 0.1) is 5.92 Å². The van der Waals surface area contributed by atoms with Gasteiger partial charge in [-0.2, -0.15) is 0 Å². The number of piperidine rings is 1. The fourth-order valence-electron chi connectivity index (χ4n) is 2.80. The van der Waals surface area contributed by atoms with Crippen molar-refractivity contribution in [2.75, 3.05) is 13.1 Å². The molecule has 1 fully saturated rings. The highest BCUT2D eigenvalue weighted by molar-refractivity contribution is 5.17. The third kappa shape index (κ3) is 4.64. The molecule has 2 rings (SSSR count). The first-order chi connectivity index (χ1) is 9.48. The quantitative estimate of drug-likeness (QED) is 0.888. The van der Waals surface area contributed by atoms with Gasteiger partial charge in [-0.3, -0.25) is 4.90 Å². The van der Waals surface area contributed by atoms with Crippen molar-refractivity contribution in [3.63, 3.8) is 0 Å². The van der Waals surface area contributed by atoms with E-state index in [2.05, 4.69) is 44.0 Å². The van der Waals surface area contributed by atoms with Crippen LogP contribution in [0.1, 0.15) is 58.3 Å². The third-order valence-electron chi connectivity index (χ3n) is 4.30. The Morgan fingerprint density at radius 3 is 2.60 bits per heavy atom. The van der Waals surface area contributed by atoms with Crippen molar-refractivity contribution in [1.82, 2.24) is 10.2 Å². The summed E-state index contributed by atoms with van der Waals surface area (Å²) in [5.74, 6) is 2.04. The number of rotatable bonds is 5. The Hall–Kier alpha value is -0.800. The van der Waals surface area contributed by atoms with Crippen LogP contribution in [-0.2, 0) is 13.1 Å². The Labute approximate surface area is 123 Å². The molecule has 1 aromatic rings. The molecule has 1 aliphatic rings. The largest absolute Gasteiger partial charge is 0.468 e. The second-order valence-electron chi connectivity index (χ2n) is 7.10. The van der Waals surface area contributed by atoms with Gasteiger partial charge in [-0.05, 0) is 58.7 Å². The average Bonchev–Trinajstić information content (AvgIpc) is 2.84. The molecular weight excluding hydrogens is 248 g/mol. The van der Waals surface area contributed by atoms with Crippen molar-refractivity contribution in [3.05, 3.63) is 23.7 Å². The molecule has 2 heterocycles. The summed E-state index contributed by atoms with van der Waals surface area (Å²) < 4.78 is 5.65. The van der Waals surface area contributed by atoms with Crippen LogP contribution < -0.4 is 5.32 Å². The lowest BCUT2D eigenvalue weighted by atomic mass is 9.94. The standard InChI is InChI=1S/C17H30N2O/c1-5-14-6-9-19(10-7-14)13-15-8-11-20-16(15)12-18-17(2,3)4/h8,11,14,18H,5-7,9-10,12-13H2,1-4H3. The van der Waals surface area contributed by atoms with Crippen LogP contribution in [0.2, 0.25) is 0 Å². The molecule has 3 nitrogen and oxygen atoms in total. The molecule has 0 bridgehead atoms. The van der Waals surface area contributed by atoms with Gasteiger partial charge in [0.15, 0.2) is 0 Å². The molecule has 114 valence electrons. The highest BCUT2D eigenvalue weighted by Gasteiger charge is 2.20. The zero-order valence-electron chi connectivity index (χ0n) is 13.5. The molecule has 1 saturated heterocycles. The van der Waals surface area contributed by atoms with E-state index in [1.165, 1.54) is 37.9 Å². The van der Waals surface area contributed by atoms with Crippen LogP contribution in [0.25, 0.3) is 0 Å². The summed E-state index contributed by atoms with van der Waals surface area (Å²) >= 11 is 0. The van der Waals surface area contributed by atoms with Gasteiger partial charge in [-0.15, -0.1) is 0 Å². The first-order valence-electron chi connectivity index (χ1n) is 8.00. The molecule has 0 unspecified atom stereocenters. The molecular formula is C17H30N2O. The van der Waals surface area contributed by atoms with Gasteiger partial charge < -0.3 is 9.73 Å². The van der Waals surface area contributed by atoms with Gasteiger partial charge in [0, 0.05) is 17.6 Å². The molecule has 0 aliphatic carbocycles. The Kier molecular flexibility index (Phi) is 5.28. The maximum Gasteiger partial charge on any atom is 0.122 e. The first kappa shape index (κ1) is 15.6. The summed E-state index contributed by atoms with van der Waals surface area (Å²) in [7, 11) is 0. The molecule has 0 aromatic carbocycles. The molecule has 1 N–H and O–H groups in total. The Morgan fingerprint density at radius 2 is 2.00 bits per heavy atom. The number of likely N-dealkylation sites (tertiary alicyclic amines) is 1. The maximum absolute atomic E-state index is 5.65. The van der Waals surface area contributed by atoms with Crippen LogP contribution in [0.4, 0.5) is 0 Å². The predicted octanol–water partition coefficient (Wildman–Crippen LogP) is 3.79. The molecule has 0 saturated carbocycles. The van der Waals surface area contributed by atoms with Gasteiger partial charge in [-0.25, -0.2) is 0 Å². The van der Waals surface area contributed by atoms with Crippen LogP contribution >= 0.6 is 0 Å². The van der Waals surface area contributed by atoms with Gasteiger partial charge in [0.25, 0.3) is 0 Å². The van der Waals surface area contributed by atoms with Crippen molar-refractivity contribution in [1.29, 1.82) is 0 Å². The Bertz CT molecular complexity index is 397. The number of nitrogens with zero attached hydrogens (tertiary/aromatic N) is 1. The fraction of sp³-hybridized carbons (Fsp3) is 0.765. The maximum atomic E-state index is 5.65. The highest BCUT2D eigenvalue weighted by Crippen LogP contribution is 2.22. The Balaban J connectivity index is 1.86. The minimum absolute atomic E-state index is 0.129. The van der Waals surface area contributed by atoms with Gasteiger partial charge >= 0.3 is 0 Å². The first-order valence-corrected chi connectivity index (χ1v) is 8.00. The minimum atomic E-state index is 0.129. The number of hydrogen-bond donors (Lipinski definition) is 1. The van der Waals surface area contributed by atoms with E-state index in [1.807, 2.05) is 6.26 Å². The summed E-state index contributed by atoms with van der Waals surface area (Å²) in [6, 6.07) is 2.13. The lowest BCUT2D eigenvalue weighted by Crippen LogP contribution is -2.36. The van der Waals surface area contributed by atoms with Gasteiger partial charge in [0.1, 0.15) is 5.76 Å². The normalized spacial score (nSPS) is 18.6. The van der Waals surface area contributed by atoms with Gasteiger partial charge in [0.2, 0.25) is 0 Å². The van der Waals surface area contributed by atoms with Gasteiger partial charge in [-0.1, -0.05) is 13.3 Å². The van der Waals surface area contributed by atoms with Crippen molar-refractivity contribution < 1.29 is 4.42 Å². The van der Waals surface area contributed by atoms with Crippen molar-refractivity contribution >= 4 is 0 Å². The van der Waals surface area contributed by atoms with Crippen molar-refractivity contribution in [2.24, 2.45) is 5.92 Å². The minimum Gasteiger partial charge on any atom is -0.468 e. The van der Waals surface area contributed by atoms with Crippen LogP contribution in [0.3, 0.4) is 0 Å². The highest BCUT2D eigenvalue weighted by atomic mass is 16.3. The zero-order chi connectivity index (χ0) is 14.6. The van der Waals surface area contributed by atoms with Crippen molar-refractivity contribution in [3.8, 4) is 0 Å². The monoisotopic (exact) mass is 278 g/mol. The summed E-state index contributed by atoms with van der Waals surface area (Å²) in [6.07, 6.45) is 5.86. The summed E-state index contributed by atoms with van der Waals surface area (Å²) in [6.45, 7) is 13.2. The molecule has 0 radical (unpaired) electrons. The van der Waals surface area contributed by atoms with E-state index < -0.39 is 0 Å². The predicted molar refractivity (Wildman–Crippen MR) is 83.6 cm³/mol. The van der Waals surface area contributed by atoms with Crippen LogP contribution in [0.5, 0.6) is 0 Å². The number of hydrogen-bond acceptors (Lipinski definition) is 3. The molecule has 20 heavy (non-hydrogen) atoms. The topological polar surface area (TPSA) is 28.4 Å². The molecule has 0 spiro atoms. The summed E-state index contributed by atoms with van der Waals surface area (Å²) in [4.78, 5) is 2.57. The van der Waals surface area contributed by atoms with Crippen molar-refractivity contribution in [2.45, 2.75) is 65.6 Å². The average molecular weight is 278 g/mol. The van der Waals surface area contributed by atoms with E-state index in [-0.39, 0.29) is 5.54 Å². The van der Waals surface area contributed by atoms with E-state index in [0.29, 0.717) is 0 Å². The van der Waals surface area contributed by atoms with Crippen LogP contribution in [0.15, 0.2) is 16.7 Å². The molecule has 1 aliphatic heterocycles. The molecule has 0 atom stereocenters. The lowest BCUT2D eigenvalue weighted by molar-refractivity contribution is 0.174.